The molecule has 0 spiro atoms. The summed E-state index contributed by atoms with van der Waals surface area (Å²) in [5.74, 6) is 1.98. The molecule has 2 unspecified atom stereocenters. The SMILES string of the molecule is Cc1cnn(C(C)C(C)NCc2nnc(C3CC3)o2)c1. The molecule has 1 N–H and O–H groups in total. The van der Waals surface area contributed by atoms with Crippen LogP contribution < -0.4 is 5.32 Å². The molecule has 2 aromatic heterocycles. The zero-order valence-corrected chi connectivity index (χ0v) is 12.2. The summed E-state index contributed by atoms with van der Waals surface area (Å²) in [6.07, 6.45) is 6.30. The van der Waals surface area contributed by atoms with Gasteiger partial charge in [0.05, 0.1) is 18.8 Å². The van der Waals surface area contributed by atoms with Crippen LogP contribution in [0.3, 0.4) is 0 Å². The van der Waals surface area contributed by atoms with Crippen molar-refractivity contribution < 1.29 is 4.42 Å². The predicted octanol–water partition coefficient (Wildman–Crippen LogP) is 2.19. The lowest BCUT2D eigenvalue weighted by Gasteiger charge is -2.21. The average molecular weight is 275 g/mol. The Bertz CT molecular complexity index is 572. The molecule has 0 aromatic carbocycles. The van der Waals surface area contributed by atoms with Crippen LogP contribution in [-0.2, 0) is 6.54 Å². The van der Waals surface area contributed by atoms with Gasteiger partial charge >= 0.3 is 0 Å². The van der Waals surface area contributed by atoms with Crippen molar-refractivity contribution in [1.82, 2.24) is 25.3 Å². The second-order valence-corrected chi connectivity index (χ2v) is 5.72. The molecule has 2 heterocycles. The van der Waals surface area contributed by atoms with Crippen molar-refractivity contribution in [2.24, 2.45) is 0 Å². The predicted molar refractivity (Wildman–Crippen MR) is 74.2 cm³/mol. The van der Waals surface area contributed by atoms with Gasteiger partial charge in [0.15, 0.2) is 0 Å². The Balaban J connectivity index is 1.53. The van der Waals surface area contributed by atoms with Crippen LogP contribution in [-0.4, -0.2) is 26.0 Å². The molecular formula is C14H21N5O. The molecule has 6 heteroatoms. The summed E-state index contributed by atoms with van der Waals surface area (Å²) in [6.45, 7) is 6.94. The van der Waals surface area contributed by atoms with E-state index >= 15 is 0 Å². The third-order valence-corrected chi connectivity index (χ3v) is 3.86. The van der Waals surface area contributed by atoms with E-state index in [9.17, 15) is 0 Å². The van der Waals surface area contributed by atoms with Crippen LogP contribution >= 0.6 is 0 Å². The van der Waals surface area contributed by atoms with Crippen LogP contribution in [0.1, 0.15) is 56.0 Å². The van der Waals surface area contributed by atoms with Gasteiger partial charge in [0.25, 0.3) is 0 Å². The number of nitrogens with zero attached hydrogens (tertiary/aromatic N) is 4. The second kappa shape index (κ2) is 5.36. The van der Waals surface area contributed by atoms with E-state index in [1.54, 1.807) is 0 Å². The summed E-state index contributed by atoms with van der Waals surface area (Å²) in [5.41, 5.74) is 1.18. The van der Waals surface area contributed by atoms with Gasteiger partial charge in [-0.15, -0.1) is 10.2 Å². The van der Waals surface area contributed by atoms with Gasteiger partial charge in [0, 0.05) is 18.2 Å². The number of aromatic nitrogens is 4. The lowest BCUT2D eigenvalue weighted by Crippen LogP contribution is -2.33. The lowest BCUT2D eigenvalue weighted by molar-refractivity contribution is 0.344. The van der Waals surface area contributed by atoms with Gasteiger partial charge in [-0.2, -0.15) is 5.10 Å². The minimum atomic E-state index is 0.269. The van der Waals surface area contributed by atoms with Crippen molar-refractivity contribution in [1.29, 1.82) is 0 Å². The molecule has 1 fully saturated rings. The number of hydrogen-bond acceptors (Lipinski definition) is 5. The molecule has 2 atom stereocenters. The van der Waals surface area contributed by atoms with E-state index in [1.807, 2.05) is 17.8 Å². The van der Waals surface area contributed by atoms with Crippen molar-refractivity contribution in [3.05, 3.63) is 29.7 Å². The van der Waals surface area contributed by atoms with Crippen molar-refractivity contribution >= 4 is 0 Å². The molecule has 20 heavy (non-hydrogen) atoms. The standard InChI is InChI=1S/C14H21N5O/c1-9-6-16-19(8-9)11(3)10(2)15-7-13-17-18-14(20-13)12-4-5-12/h6,8,10-12,15H,4-5,7H2,1-3H3. The molecule has 0 amide bonds. The smallest absolute Gasteiger partial charge is 0.230 e. The Morgan fingerprint density at radius 1 is 1.40 bits per heavy atom. The maximum Gasteiger partial charge on any atom is 0.230 e. The van der Waals surface area contributed by atoms with E-state index in [-0.39, 0.29) is 12.1 Å². The number of rotatable bonds is 6. The molecule has 0 bridgehead atoms. The van der Waals surface area contributed by atoms with Crippen LogP contribution in [0.2, 0.25) is 0 Å². The van der Waals surface area contributed by atoms with Crippen LogP contribution in [0.25, 0.3) is 0 Å². The van der Waals surface area contributed by atoms with Gasteiger partial charge in [0.2, 0.25) is 11.8 Å². The maximum absolute atomic E-state index is 5.64. The highest BCUT2D eigenvalue weighted by molar-refractivity contribution is 5.01. The Labute approximate surface area is 118 Å². The van der Waals surface area contributed by atoms with Crippen molar-refractivity contribution in [3.63, 3.8) is 0 Å². The van der Waals surface area contributed by atoms with Gasteiger partial charge < -0.3 is 9.73 Å². The molecule has 0 aliphatic heterocycles. The second-order valence-electron chi connectivity index (χ2n) is 5.72. The molecular weight excluding hydrogens is 254 g/mol. The van der Waals surface area contributed by atoms with E-state index < -0.39 is 0 Å². The summed E-state index contributed by atoms with van der Waals surface area (Å²) < 4.78 is 7.62. The van der Waals surface area contributed by atoms with E-state index in [4.69, 9.17) is 4.42 Å². The zero-order chi connectivity index (χ0) is 14.1. The monoisotopic (exact) mass is 275 g/mol. The first kappa shape index (κ1) is 13.3. The third-order valence-electron chi connectivity index (χ3n) is 3.86. The fraction of sp³-hybridized carbons (Fsp3) is 0.643. The average Bonchev–Trinajstić information content (AvgIpc) is 3.03. The molecule has 1 aliphatic carbocycles. The summed E-state index contributed by atoms with van der Waals surface area (Å²) in [6, 6.07) is 0.542. The van der Waals surface area contributed by atoms with Gasteiger partial charge in [-0.3, -0.25) is 4.68 Å². The van der Waals surface area contributed by atoms with Crippen molar-refractivity contribution in [3.8, 4) is 0 Å². The Morgan fingerprint density at radius 2 is 2.20 bits per heavy atom. The fourth-order valence-electron chi connectivity index (χ4n) is 2.14. The Hall–Kier alpha value is -1.69. The summed E-state index contributed by atoms with van der Waals surface area (Å²) in [7, 11) is 0. The van der Waals surface area contributed by atoms with Crippen LogP contribution in [0.15, 0.2) is 16.8 Å². The molecule has 108 valence electrons. The van der Waals surface area contributed by atoms with Gasteiger partial charge in [-0.1, -0.05) is 0 Å². The summed E-state index contributed by atoms with van der Waals surface area (Å²) >= 11 is 0. The quantitative estimate of drug-likeness (QED) is 0.875. The topological polar surface area (TPSA) is 68.8 Å². The minimum Gasteiger partial charge on any atom is -0.424 e. The summed E-state index contributed by atoms with van der Waals surface area (Å²) in [5, 5.41) is 15.9. The van der Waals surface area contributed by atoms with Gasteiger partial charge in [-0.25, -0.2) is 0 Å². The van der Waals surface area contributed by atoms with E-state index in [0.29, 0.717) is 18.4 Å². The van der Waals surface area contributed by atoms with Crippen LogP contribution in [0, 0.1) is 6.92 Å². The minimum absolute atomic E-state index is 0.269. The first-order chi connectivity index (χ1) is 9.63. The van der Waals surface area contributed by atoms with E-state index in [1.165, 1.54) is 18.4 Å². The molecule has 0 saturated heterocycles. The molecule has 3 rings (SSSR count). The number of aryl methyl sites for hydroxylation is 1. The molecule has 2 aromatic rings. The van der Waals surface area contributed by atoms with E-state index in [0.717, 1.165) is 5.89 Å². The van der Waals surface area contributed by atoms with Gasteiger partial charge in [0.1, 0.15) is 0 Å². The lowest BCUT2D eigenvalue weighted by atomic mass is 10.2. The van der Waals surface area contributed by atoms with Crippen LogP contribution in [0.4, 0.5) is 0 Å². The molecule has 1 saturated carbocycles. The van der Waals surface area contributed by atoms with Crippen molar-refractivity contribution in [2.75, 3.05) is 0 Å². The van der Waals surface area contributed by atoms with E-state index in [2.05, 4.69) is 40.7 Å². The normalized spacial score (nSPS) is 18.1. The highest BCUT2D eigenvalue weighted by atomic mass is 16.4. The largest absolute Gasteiger partial charge is 0.424 e. The van der Waals surface area contributed by atoms with Gasteiger partial charge in [-0.05, 0) is 39.2 Å². The van der Waals surface area contributed by atoms with Crippen LogP contribution in [0.5, 0.6) is 0 Å². The Morgan fingerprint density at radius 3 is 2.85 bits per heavy atom. The molecule has 0 radical (unpaired) electrons. The zero-order valence-electron chi connectivity index (χ0n) is 12.2. The first-order valence-corrected chi connectivity index (χ1v) is 7.20. The number of nitrogens with one attached hydrogen (secondary N) is 1. The fourth-order valence-corrected chi connectivity index (χ4v) is 2.14. The van der Waals surface area contributed by atoms with Crippen molar-refractivity contribution in [2.45, 2.75) is 58.2 Å². The number of hydrogen-bond donors (Lipinski definition) is 1. The highest BCUT2D eigenvalue weighted by Crippen LogP contribution is 2.38. The third kappa shape index (κ3) is 2.90. The molecule has 1 aliphatic rings. The maximum atomic E-state index is 5.64. The molecule has 6 nitrogen and oxygen atoms in total. The summed E-state index contributed by atoms with van der Waals surface area (Å²) in [4.78, 5) is 0. The Kier molecular flexibility index (Phi) is 3.56. The highest BCUT2D eigenvalue weighted by Gasteiger charge is 2.29. The first-order valence-electron chi connectivity index (χ1n) is 7.20.